The van der Waals surface area contributed by atoms with Crippen LogP contribution in [0.3, 0.4) is 0 Å². The number of amides is 1. The van der Waals surface area contributed by atoms with Crippen molar-refractivity contribution < 1.29 is 9.90 Å². The van der Waals surface area contributed by atoms with E-state index in [1.165, 1.54) is 0 Å². The first-order valence-corrected chi connectivity index (χ1v) is 8.56. The number of hydrogen-bond donors (Lipinski definition) is 2. The monoisotopic (exact) mass is 344 g/mol. The van der Waals surface area contributed by atoms with Crippen LogP contribution in [0.1, 0.15) is 28.8 Å². The Labute approximate surface area is 147 Å². The highest BCUT2D eigenvalue weighted by Crippen LogP contribution is 2.23. The molecule has 0 saturated carbocycles. The first-order chi connectivity index (χ1) is 11.7. The fourth-order valence-corrected chi connectivity index (χ4v) is 3.27. The summed E-state index contributed by atoms with van der Waals surface area (Å²) in [5.41, 5.74) is 2.43. The van der Waals surface area contributed by atoms with E-state index in [4.69, 9.17) is 11.6 Å². The molecule has 1 aliphatic heterocycles. The maximum Gasteiger partial charge on any atom is 0.255 e. The number of piperidine rings is 1. The molecule has 0 bridgehead atoms. The highest BCUT2D eigenvalue weighted by atomic mass is 35.5. The Hall–Kier alpha value is -2.04. The van der Waals surface area contributed by atoms with Crippen LogP contribution in [-0.2, 0) is 6.61 Å². The summed E-state index contributed by atoms with van der Waals surface area (Å²) in [6.07, 6.45) is 1.74. The molecule has 1 fully saturated rings. The third-order valence-electron chi connectivity index (χ3n) is 4.43. The van der Waals surface area contributed by atoms with Crippen LogP contribution in [0.4, 0.5) is 5.69 Å². The summed E-state index contributed by atoms with van der Waals surface area (Å²) in [5.74, 6) is -0.00481. The smallest absolute Gasteiger partial charge is 0.255 e. The van der Waals surface area contributed by atoms with Gasteiger partial charge >= 0.3 is 0 Å². The molecule has 0 radical (unpaired) electrons. The average molecular weight is 345 g/mol. The summed E-state index contributed by atoms with van der Waals surface area (Å²) >= 11 is 6.12. The Morgan fingerprint density at radius 3 is 2.50 bits per heavy atom. The number of rotatable bonds is 4. The first-order valence-electron chi connectivity index (χ1n) is 8.18. The molecule has 0 spiro atoms. The van der Waals surface area contributed by atoms with Crippen molar-refractivity contribution in [3.63, 3.8) is 0 Å². The Balaban J connectivity index is 1.60. The second-order valence-corrected chi connectivity index (χ2v) is 6.41. The quantitative estimate of drug-likeness (QED) is 0.891. The lowest BCUT2D eigenvalue weighted by molar-refractivity contribution is 0.0718. The molecule has 3 rings (SSSR count). The third kappa shape index (κ3) is 3.71. The zero-order valence-electron chi connectivity index (χ0n) is 13.4. The molecule has 4 nitrogen and oxygen atoms in total. The topological polar surface area (TPSA) is 52.6 Å². The second kappa shape index (κ2) is 7.69. The van der Waals surface area contributed by atoms with Gasteiger partial charge in [-0.2, -0.15) is 0 Å². The first kappa shape index (κ1) is 16.8. The number of hydrogen-bond acceptors (Lipinski definition) is 3. The van der Waals surface area contributed by atoms with Gasteiger partial charge in [0, 0.05) is 30.4 Å². The van der Waals surface area contributed by atoms with Gasteiger partial charge in [-0.15, -0.1) is 0 Å². The molecular weight excluding hydrogens is 324 g/mol. The van der Waals surface area contributed by atoms with Gasteiger partial charge in [0.15, 0.2) is 0 Å². The summed E-state index contributed by atoms with van der Waals surface area (Å²) in [6.45, 7) is 1.42. The summed E-state index contributed by atoms with van der Waals surface area (Å²) in [5, 5.41) is 13.4. The predicted molar refractivity (Wildman–Crippen MR) is 96.4 cm³/mol. The molecule has 1 amide bonds. The fraction of sp³-hybridized carbons (Fsp3) is 0.316. The predicted octanol–water partition coefficient (Wildman–Crippen LogP) is 3.55. The van der Waals surface area contributed by atoms with Crippen LogP contribution in [0.2, 0.25) is 5.02 Å². The van der Waals surface area contributed by atoms with Crippen LogP contribution in [0.15, 0.2) is 48.5 Å². The molecular formula is C19H21ClN2O2. The van der Waals surface area contributed by atoms with E-state index in [2.05, 4.69) is 5.32 Å². The van der Waals surface area contributed by atoms with Gasteiger partial charge in [-0.25, -0.2) is 0 Å². The van der Waals surface area contributed by atoms with E-state index in [9.17, 15) is 9.90 Å². The van der Waals surface area contributed by atoms with Crippen molar-refractivity contribution in [3.8, 4) is 0 Å². The van der Waals surface area contributed by atoms with Crippen molar-refractivity contribution in [3.05, 3.63) is 64.7 Å². The van der Waals surface area contributed by atoms with Gasteiger partial charge < -0.3 is 15.3 Å². The minimum absolute atomic E-state index is 0.00481. The van der Waals surface area contributed by atoms with Crippen LogP contribution in [0.5, 0.6) is 0 Å². The minimum Gasteiger partial charge on any atom is -0.392 e. The largest absolute Gasteiger partial charge is 0.392 e. The van der Waals surface area contributed by atoms with Crippen LogP contribution in [-0.4, -0.2) is 35.0 Å². The Bertz CT molecular complexity index is 712. The number of benzene rings is 2. The van der Waals surface area contributed by atoms with Crippen molar-refractivity contribution in [2.24, 2.45) is 0 Å². The van der Waals surface area contributed by atoms with Crippen LogP contribution >= 0.6 is 11.6 Å². The standard InChI is InChI=1S/C19H21ClN2O2/c20-17-7-3-2-6-16(17)19(24)22-11-9-15(10-12-22)21-18-8-4-1-5-14(18)13-23/h1-8,15,21,23H,9-13H2. The molecule has 1 aliphatic rings. The Morgan fingerprint density at radius 1 is 1.12 bits per heavy atom. The van der Waals surface area contributed by atoms with Gasteiger partial charge in [0.05, 0.1) is 17.2 Å². The van der Waals surface area contributed by atoms with Gasteiger partial charge in [0.1, 0.15) is 0 Å². The summed E-state index contributed by atoms with van der Waals surface area (Å²) in [4.78, 5) is 14.4. The van der Waals surface area contributed by atoms with Crippen molar-refractivity contribution in [2.75, 3.05) is 18.4 Å². The van der Waals surface area contributed by atoms with Gasteiger partial charge in [-0.05, 0) is 31.0 Å². The number of anilines is 1. The van der Waals surface area contributed by atoms with Crippen molar-refractivity contribution in [2.45, 2.75) is 25.5 Å². The maximum atomic E-state index is 12.6. The van der Waals surface area contributed by atoms with Crippen LogP contribution in [0, 0.1) is 0 Å². The third-order valence-corrected chi connectivity index (χ3v) is 4.76. The number of halogens is 1. The summed E-state index contributed by atoms with van der Waals surface area (Å²) in [6, 6.07) is 15.2. The zero-order valence-corrected chi connectivity index (χ0v) is 14.2. The van der Waals surface area contributed by atoms with Crippen LogP contribution in [0.25, 0.3) is 0 Å². The molecule has 1 saturated heterocycles. The van der Waals surface area contributed by atoms with E-state index >= 15 is 0 Å². The molecule has 0 atom stereocenters. The van der Waals surface area contributed by atoms with Crippen molar-refractivity contribution in [1.29, 1.82) is 0 Å². The molecule has 2 aromatic carbocycles. The van der Waals surface area contributed by atoms with E-state index in [1.807, 2.05) is 41.3 Å². The fourth-order valence-electron chi connectivity index (χ4n) is 3.05. The van der Waals surface area contributed by atoms with Gasteiger partial charge in [-0.3, -0.25) is 4.79 Å². The number of carbonyl (C=O) groups is 1. The van der Waals surface area contributed by atoms with Gasteiger partial charge in [0.2, 0.25) is 0 Å². The van der Waals surface area contributed by atoms with E-state index < -0.39 is 0 Å². The molecule has 0 aromatic heterocycles. The number of nitrogens with zero attached hydrogens (tertiary/aromatic N) is 1. The molecule has 2 aromatic rings. The molecule has 24 heavy (non-hydrogen) atoms. The minimum atomic E-state index is -0.00481. The molecule has 0 unspecified atom stereocenters. The highest BCUT2D eigenvalue weighted by molar-refractivity contribution is 6.33. The second-order valence-electron chi connectivity index (χ2n) is 6.01. The number of likely N-dealkylation sites (tertiary alicyclic amines) is 1. The SMILES string of the molecule is O=C(c1ccccc1Cl)N1CCC(Nc2ccccc2CO)CC1. The molecule has 1 heterocycles. The summed E-state index contributed by atoms with van der Waals surface area (Å²) in [7, 11) is 0. The Kier molecular flexibility index (Phi) is 5.38. The lowest BCUT2D eigenvalue weighted by atomic mass is 10.0. The van der Waals surface area contributed by atoms with E-state index in [0.29, 0.717) is 29.7 Å². The van der Waals surface area contributed by atoms with E-state index in [1.54, 1.807) is 12.1 Å². The molecule has 126 valence electrons. The van der Waals surface area contributed by atoms with Gasteiger partial charge in [0.25, 0.3) is 5.91 Å². The average Bonchev–Trinajstić information content (AvgIpc) is 2.63. The molecule has 2 N–H and O–H groups in total. The normalized spacial score (nSPS) is 15.3. The number of para-hydroxylation sites is 1. The van der Waals surface area contributed by atoms with E-state index in [-0.39, 0.29) is 12.5 Å². The van der Waals surface area contributed by atoms with Gasteiger partial charge in [-0.1, -0.05) is 41.9 Å². The van der Waals surface area contributed by atoms with Crippen molar-refractivity contribution in [1.82, 2.24) is 4.90 Å². The molecule has 5 heteroatoms. The summed E-state index contributed by atoms with van der Waals surface area (Å²) < 4.78 is 0. The lowest BCUT2D eigenvalue weighted by Gasteiger charge is -2.33. The maximum absolute atomic E-state index is 12.6. The number of aliphatic hydroxyl groups is 1. The Morgan fingerprint density at radius 2 is 1.79 bits per heavy atom. The van der Waals surface area contributed by atoms with Crippen LogP contribution < -0.4 is 5.32 Å². The van der Waals surface area contributed by atoms with Crippen molar-refractivity contribution >= 4 is 23.2 Å². The number of nitrogens with one attached hydrogen (secondary N) is 1. The number of carbonyl (C=O) groups excluding carboxylic acids is 1. The van der Waals surface area contributed by atoms with E-state index in [0.717, 1.165) is 24.1 Å². The zero-order chi connectivity index (χ0) is 16.9. The molecule has 0 aliphatic carbocycles. The lowest BCUT2D eigenvalue weighted by Crippen LogP contribution is -2.42. The number of aliphatic hydroxyl groups excluding tert-OH is 1. The highest BCUT2D eigenvalue weighted by Gasteiger charge is 2.24.